The lowest BCUT2D eigenvalue weighted by molar-refractivity contribution is -0.324. The van der Waals surface area contributed by atoms with E-state index in [1.54, 1.807) is 6.92 Å². The van der Waals surface area contributed by atoms with Crippen molar-refractivity contribution in [2.75, 3.05) is 19.7 Å². The topological polar surface area (TPSA) is 21.3 Å². The lowest BCUT2D eigenvalue weighted by Crippen LogP contribution is -2.14. The standard InChI is InChI=1S/C6H15N.C5H9F3O/c1-3-5-7-6-4-2;1-2-3-4-9-5(6,7)8/h7H,3-6H2,1-2H3;2-4H2,1H3. The van der Waals surface area contributed by atoms with Gasteiger partial charge in [0.05, 0.1) is 6.61 Å². The Hall–Kier alpha value is -0.290. The first kappa shape index (κ1) is 18.1. The van der Waals surface area contributed by atoms with Gasteiger partial charge in [-0.3, -0.25) is 4.74 Å². The van der Waals surface area contributed by atoms with E-state index in [0.29, 0.717) is 6.42 Å². The molecular weight excluding hydrogens is 219 g/mol. The zero-order chi connectivity index (χ0) is 12.9. The van der Waals surface area contributed by atoms with Gasteiger partial charge >= 0.3 is 6.36 Å². The number of hydrogen-bond donors (Lipinski definition) is 1. The lowest BCUT2D eigenvalue weighted by atomic mass is 10.4. The normalized spacial score (nSPS) is 10.9. The van der Waals surface area contributed by atoms with Gasteiger partial charge in [0.2, 0.25) is 0 Å². The molecule has 0 unspecified atom stereocenters. The highest BCUT2D eigenvalue weighted by atomic mass is 19.4. The van der Waals surface area contributed by atoms with Crippen molar-refractivity contribution in [3.05, 3.63) is 0 Å². The molecule has 0 aliphatic heterocycles. The predicted octanol–water partition coefficient (Wildman–Crippen LogP) is 3.72. The van der Waals surface area contributed by atoms with Crippen molar-refractivity contribution < 1.29 is 17.9 Å². The van der Waals surface area contributed by atoms with Crippen molar-refractivity contribution in [2.45, 2.75) is 52.8 Å². The van der Waals surface area contributed by atoms with E-state index >= 15 is 0 Å². The van der Waals surface area contributed by atoms with Crippen molar-refractivity contribution in [2.24, 2.45) is 0 Å². The third-order valence-electron chi connectivity index (χ3n) is 1.62. The third kappa shape index (κ3) is 23.5. The van der Waals surface area contributed by atoms with E-state index < -0.39 is 6.36 Å². The molecule has 5 heteroatoms. The summed E-state index contributed by atoms with van der Waals surface area (Å²) in [5.41, 5.74) is 0. The molecule has 0 radical (unpaired) electrons. The van der Waals surface area contributed by atoms with Crippen LogP contribution in [0, 0.1) is 0 Å². The maximum Gasteiger partial charge on any atom is 0.522 e. The number of rotatable bonds is 7. The fourth-order valence-electron chi connectivity index (χ4n) is 0.811. The van der Waals surface area contributed by atoms with Gasteiger partial charge in [0.15, 0.2) is 0 Å². The Kier molecular flexibility index (Phi) is 14.4. The van der Waals surface area contributed by atoms with E-state index in [-0.39, 0.29) is 6.61 Å². The van der Waals surface area contributed by atoms with Gasteiger partial charge in [0.25, 0.3) is 0 Å². The van der Waals surface area contributed by atoms with Crippen LogP contribution in [0.2, 0.25) is 0 Å². The molecule has 0 bridgehead atoms. The molecule has 1 N–H and O–H groups in total. The Morgan fingerprint density at radius 1 is 0.938 bits per heavy atom. The molecule has 0 aromatic heterocycles. The molecule has 0 spiro atoms. The SMILES string of the molecule is CCCCOC(F)(F)F.CCCNCCC. The average Bonchev–Trinajstić information content (AvgIpc) is 2.18. The Balaban J connectivity index is 0. The largest absolute Gasteiger partial charge is 0.522 e. The highest BCUT2D eigenvalue weighted by Crippen LogP contribution is 2.16. The molecule has 16 heavy (non-hydrogen) atoms. The highest BCUT2D eigenvalue weighted by Gasteiger charge is 2.28. The summed E-state index contributed by atoms with van der Waals surface area (Å²) in [7, 11) is 0. The van der Waals surface area contributed by atoms with E-state index in [1.165, 1.54) is 25.9 Å². The molecule has 100 valence electrons. The second kappa shape index (κ2) is 12.8. The monoisotopic (exact) mass is 243 g/mol. The van der Waals surface area contributed by atoms with E-state index in [1.807, 2.05) is 0 Å². The Morgan fingerprint density at radius 3 is 1.75 bits per heavy atom. The van der Waals surface area contributed by atoms with Gasteiger partial charge in [0.1, 0.15) is 0 Å². The Morgan fingerprint density at radius 2 is 1.44 bits per heavy atom. The minimum absolute atomic E-state index is 0.222. The van der Waals surface area contributed by atoms with E-state index in [2.05, 4.69) is 23.9 Å². The third-order valence-corrected chi connectivity index (χ3v) is 1.62. The highest BCUT2D eigenvalue weighted by molar-refractivity contribution is 4.40. The summed E-state index contributed by atoms with van der Waals surface area (Å²) in [4.78, 5) is 0. The zero-order valence-corrected chi connectivity index (χ0v) is 10.5. The molecule has 0 aliphatic carbocycles. The minimum atomic E-state index is -4.45. The first-order valence-electron chi connectivity index (χ1n) is 5.89. The van der Waals surface area contributed by atoms with Gasteiger partial charge in [-0.15, -0.1) is 13.2 Å². The number of alkyl halides is 3. The summed E-state index contributed by atoms with van der Waals surface area (Å²) in [6.45, 7) is 8.30. The molecule has 0 amide bonds. The fourth-order valence-corrected chi connectivity index (χ4v) is 0.811. The van der Waals surface area contributed by atoms with Crippen LogP contribution in [0.4, 0.5) is 13.2 Å². The van der Waals surface area contributed by atoms with Crippen molar-refractivity contribution in [1.82, 2.24) is 5.32 Å². The molecule has 0 saturated heterocycles. The van der Waals surface area contributed by atoms with Crippen LogP contribution in [-0.4, -0.2) is 26.1 Å². The van der Waals surface area contributed by atoms with E-state index in [0.717, 1.165) is 6.42 Å². The Labute approximate surface area is 96.6 Å². The van der Waals surface area contributed by atoms with Gasteiger partial charge < -0.3 is 5.32 Å². The fraction of sp³-hybridized carbons (Fsp3) is 1.00. The molecule has 0 atom stereocenters. The van der Waals surface area contributed by atoms with Crippen LogP contribution in [0.3, 0.4) is 0 Å². The molecule has 0 aliphatic rings. The predicted molar refractivity (Wildman–Crippen MR) is 60.4 cm³/mol. The van der Waals surface area contributed by atoms with Gasteiger partial charge in [0, 0.05) is 0 Å². The summed E-state index contributed by atoms with van der Waals surface area (Å²) >= 11 is 0. The number of ether oxygens (including phenoxy) is 1. The van der Waals surface area contributed by atoms with E-state index in [9.17, 15) is 13.2 Å². The summed E-state index contributed by atoms with van der Waals surface area (Å²) in [6, 6.07) is 0. The number of hydrogen-bond acceptors (Lipinski definition) is 2. The van der Waals surface area contributed by atoms with E-state index in [4.69, 9.17) is 0 Å². The molecule has 0 aromatic rings. The van der Waals surface area contributed by atoms with Crippen molar-refractivity contribution in [3.63, 3.8) is 0 Å². The molecular formula is C11H24F3NO. The van der Waals surface area contributed by atoms with Crippen LogP contribution >= 0.6 is 0 Å². The van der Waals surface area contributed by atoms with Crippen molar-refractivity contribution >= 4 is 0 Å². The Bertz CT molecular complexity index is 125. The zero-order valence-electron chi connectivity index (χ0n) is 10.5. The second-order valence-electron chi connectivity index (χ2n) is 3.40. The molecule has 2 nitrogen and oxygen atoms in total. The second-order valence-corrected chi connectivity index (χ2v) is 3.40. The summed E-state index contributed by atoms with van der Waals surface area (Å²) in [5.74, 6) is 0. The van der Waals surface area contributed by atoms with Crippen molar-refractivity contribution in [1.29, 1.82) is 0 Å². The van der Waals surface area contributed by atoms with Gasteiger partial charge in [-0.1, -0.05) is 27.2 Å². The molecule has 0 fully saturated rings. The number of nitrogens with one attached hydrogen (secondary N) is 1. The maximum absolute atomic E-state index is 11.2. The average molecular weight is 243 g/mol. The van der Waals surface area contributed by atoms with Crippen LogP contribution in [0.5, 0.6) is 0 Å². The number of unbranched alkanes of at least 4 members (excludes halogenated alkanes) is 1. The summed E-state index contributed by atoms with van der Waals surface area (Å²) in [6.07, 6.45) is -0.773. The van der Waals surface area contributed by atoms with Crippen LogP contribution in [0.1, 0.15) is 46.5 Å². The first-order chi connectivity index (χ1) is 7.47. The van der Waals surface area contributed by atoms with Gasteiger partial charge in [-0.25, -0.2) is 0 Å². The molecule has 0 aromatic carbocycles. The maximum atomic E-state index is 11.2. The van der Waals surface area contributed by atoms with Gasteiger partial charge in [-0.05, 0) is 32.4 Å². The van der Waals surface area contributed by atoms with Crippen molar-refractivity contribution in [3.8, 4) is 0 Å². The molecule has 0 rings (SSSR count). The van der Waals surface area contributed by atoms with Crippen LogP contribution in [0.15, 0.2) is 0 Å². The minimum Gasteiger partial charge on any atom is -0.317 e. The summed E-state index contributed by atoms with van der Waals surface area (Å²) in [5, 5.41) is 3.28. The van der Waals surface area contributed by atoms with Gasteiger partial charge in [-0.2, -0.15) is 0 Å². The summed E-state index contributed by atoms with van der Waals surface area (Å²) < 4.78 is 36.9. The van der Waals surface area contributed by atoms with Crippen LogP contribution in [0.25, 0.3) is 0 Å². The smallest absolute Gasteiger partial charge is 0.317 e. The van der Waals surface area contributed by atoms with Crippen LogP contribution < -0.4 is 5.32 Å². The molecule has 0 saturated carbocycles. The molecule has 0 heterocycles. The quantitative estimate of drug-likeness (QED) is 0.688. The van der Waals surface area contributed by atoms with Crippen LogP contribution in [-0.2, 0) is 4.74 Å². The lowest BCUT2D eigenvalue weighted by Gasteiger charge is -2.04. The first-order valence-corrected chi connectivity index (χ1v) is 5.89. The number of halogens is 3.